The molecule has 1 aliphatic carbocycles. The molecule has 1 aromatic carbocycles. The zero-order valence-electron chi connectivity index (χ0n) is 14.5. The van der Waals surface area contributed by atoms with E-state index in [0.29, 0.717) is 23.3 Å². The summed E-state index contributed by atoms with van der Waals surface area (Å²) in [5.74, 6) is 2.53. The third-order valence-corrected chi connectivity index (χ3v) is 5.47. The molecule has 2 fully saturated rings. The summed E-state index contributed by atoms with van der Waals surface area (Å²) in [5, 5.41) is 17.5. The Morgan fingerprint density at radius 3 is 2.68 bits per heavy atom. The predicted molar refractivity (Wildman–Crippen MR) is 93.5 cm³/mol. The number of aromatic nitrogens is 2. The minimum absolute atomic E-state index is 0.175. The van der Waals surface area contributed by atoms with Crippen LogP contribution in [0.4, 0.5) is 0 Å². The van der Waals surface area contributed by atoms with E-state index >= 15 is 0 Å². The number of nitrogens with zero attached hydrogens (tertiary/aromatic N) is 2. The van der Waals surface area contributed by atoms with Crippen LogP contribution >= 0.6 is 0 Å². The highest BCUT2D eigenvalue weighted by atomic mass is 16.5. The molecule has 2 N–H and O–H groups in total. The lowest BCUT2D eigenvalue weighted by molar-refractivity contribution is -0.0240. The minimum Gasteiger partial charge on any atom is -0.493 e. The number of para-hydroxylation sites is 2. The molecule has 25 heavy (non-hydrogen) atoms. The summed E-state index contributed by atoms with van der Waals surface area (Å²) < 4.78 is 11.5. The molecule has 1 saturated heterocycles. The Morgan fingerprint density at radius 1 is 1.20 bits per heavy atom. The molecule has 0 unspecified atom stereocenters. The number of aromatic amines is 1. The van der Waals surface area contributed by atoms with E-state index in [4.69, 9.17) is 9.47 Å². The molecule has 2 aliphatic rings. The highest BCUT2D eigenvalue weighted by Crippen LogP contribution is 2.39. The van der Waals surface area contributed by atoms with Crippen LogP contribution in [0.25, 0.3) is 0 Å². The normalized spacial score (nSPS) is 29.4. The molecule has 6 heteroatoms. The van der Waals surface area contributed by atoms with Crippen LogP contribution in [-0.4, -0.2) is 52.6 Å². The van der Waals surface area contributed by atoms with E-state index < -0.39 is 6.10 Å². The van der Waals surface area contributed by atoms with Gasteiger partial charge in [0.25, 0.3) is 0 Å². The van der Waals surface area contributed by atoms with E-state index in [2.05, 4.69) is 15.1 Å². The smallest absolute Gasteiger partial charge is 0.161 e. The summed E-state index contributed by atoms with van der Waals surface area (Å²) in [4.78, 5) is 2.46. The van der Waals surface area contributed by atoms with Gasteiger partial charge in [-0.3, -0.25) is 10.00 Å². The first kappa shape index (κ1) is 16.4. The molecular weight excluding hydrogens is 318 g/mol. The van der Waals surface area contributed by atoms with Gasteiger partial charge < -0.3 is 14.6 Å². The van der Waals surface area contributed by atoms with Crippen LogP contribution in [-0.2, 0) is 6.54 Å². The van der Waals surface area contributed by atoms with Gasteiger partial charge in [-0.05, 0) is 36.8 Å². The Labute approximate surface area is 147 Å². The van der Waals surface area contributed by atoms with Gasteiger partial charge in [-0.2, -0.15) is 5.10 Å². The average molecular weight is 343 g/mol. The fourth-order valence-electron chi connectivity index (χ4n) is 4.24. The molecule has 1 saturated carbocycles. The van der Waals surface area contributed by atoms with Gasteiger partial charge in [0, 0.05) is 31.4 Å². The Kier molecular flexibility index (Phi) is 4.63. The van der Waals surface area contributed by atoms with Gasteiger partial charge >= 0.3 is 0 Å². The zero-order chi connectivity index (χ0) is 17.2. The first-order valence-electron chi connectivity index (χ1n) is 8.90. The van der Waals surface area contributed by atoms with Crippen LogP contribution in [0.15, 0.2) is 36.7 Å². The van der Waals surface area contributed by atoms with Crippen LogP contribution in [0.2, 0.25) is 0 Å². The van der Waals surface area contributed by atoms with Gasteiger partial charge in [0.15, 0.2) is 11.5 Å². The van der Waals surface area contributed by atoms with E-state index in [0.717, 1.165) is 32.5 Å². The van der Waals surface area contributed by atoms with Crippen molar-refractivity contribution in [2.45, 2.75) is 31.6 Å². The average Bonchev–Trinajstić information content (AvgIpc) is 3.25. The van der Waals surface area contributed by atoms with Crippen molar-refractivity contribution in [3.05, 3.63) is 42.2 Å². The summed E-state index contributed by atoms with van der Waals surface area (Å²) >= 11 is 0. The fourth-order valence-corrected chi connectivity index (χ4v) is 4.24. The summed E-state index contributed by atoms with van der Waals surface area (Å²) in [5.41, 5.74) is 1.21. The van der Waals surface area contributed by atoms with Crippen molar-refractivity contribution in [1.29, 1.82) is 0 Å². The lowest BCUT2D eigenvalue weighted by atomic mass is 9.78. The van der Waals surface area contributed by atoms with Crippen molar-refractivity contribution >= 4 is 0 Å². The standard InChI is InChI=1S/C19H25N3O3/c1-24-17-4-2-3-5-18(17)25-19-7-15-12-22(10-13-8-20-21-9-13)11-14(15)6-16(19)23/h2-5,8-9,14-16,19,23H,6-7,10-12H2,1H3,(H,20,21)/t14-,15+,16+,19+/m0/s1. The highest BCUT2D eigenvalue weighted by Gasteiger charge is 2.42. The Balaban J connectivity index is 1.40. The number of aliphatic hydroxyl groups excluding tert-OH is 1. The van der Waals surface area contributed by atoms with Crippen molar-refractivity contribution in [1.82, 2.24) is 15.1 Å². The van der Waals surface area contributed by atoms with Crippen molar-refractivity contribution in [2.24, 2.45) is 11.8 Å². The number of likely N-dealkylation sites (tertiary alicyclic amines) is 1. The van der Waals surface area contributed by atoms with Gasteiger partial charge in [-0.15, -0.1) is 0 Å². The second-order valence-electron chi connectivity index (χ2n) is 7.17. The Morgan fingerprint density at radius 2 is 1.96 bits per heavy atom. The van der Waals surface area contributed by atoms with Crippen molar-refractivity contribution in [3.8, 4) is 11.5 Å². The number of aliphatic hydroxyl groups is 1. The zero-order valence-corrected chi connectivity index (χ0v) is 14.5. The quantitative estimate of drug-likeness (QED) is 0.870. The summed E-state index contributed by atoms with van der Waals surface area (Å²) in [6.45, 7) is 3.00. The lowest BCUT2D eigenvalue weighted by Gasteiger charge is -2.35. The van der Waals surface area contributed by atoms with Crippen molar-refractivity contribution in [2.75, 3.05) is 20.2 Å². The number of hydrogen-bond donors (Lipinski definition) is 2. The van der Waals surface area contributed by atoms with Gasteiger partial charge in [-0.25, -0.2) is 0 Å². The number of hydrogen-bond acceptors (Lipinski definition) is 5. The maximum atomic E-state index is 10.6. The number of ether oxygens (including phenoxy) is 2. The maximum absolute atomic E-state index is 10.6. The van der Waals surface area contributed by atoms with Crippen LogP contribution in [0.1, 0.15) is 18.4 Å². The van der Waals surface area contributed by atoms with E-state index in [-0.39, 0.29) is 6.10 Å². The van der Waals surface area contributed by atoms with Crippen LogP contribution in [0.5, 0.6) is 11.5 Å². The second-order valence-corrected chi connectivity index (χ2v) is 7.17. The van der Waals surface area contributed by atoms with E-state index in [1.165, 1.54) is 5.56 Å². The molecule has 2 heterocycles. The minimum atomic E-state index is -0.431. The molecule has 0 amide bonds. The van der Waals surface area contributed by atoms with E-state index in [9.17, 15) is 5.11 Å². The van der Waals surface area contributed by atoms with Gasteiger partial charge in [-0.1, -0.05) is 12.1 Å². The SMILES string of the molecule is COc1ccccc1O[C@@H]1C[C@@H]2CN(Cc3cn[nH]c3)C[C@@H]2C[C@H]1O. The van der Waals surface area contributed by atoms with Gasteiger partial charge in [0.1, 0.15) is 6.10 Å². The number of nitrogens with one attached hydrogen (secondary N) is 1. The van der Waals surface area contributed by atoms with Crippen molar-refractivity contribution < 1.29 is 14.6 Å². The molecule has 1 aliphatic heterocycles. The number of H-pyrrole nitrogens is 1. The number of rotatable bonds is 5. The molecule has 1 aromatic heterocycles. The Bertz CT molecular complexity index is 691. The molecule has 4 rings (SSSR count). The third-order valence-electron chi connectivity index (χ3n) is 5.47. The molecule has 4 atom stereocenters. The topological polar surface area (TPSA) is 70.6 Å². The van der Waals surface area contributed by atoms with E-state index in [1.54, 1.807) is 7.11 Å². The van der Waals surface area contributed by atoms with Gasteiger partial charge in [0.2, 0.25) is 0 Å². The lowest BCUT2D eigenvalue weighted by Crippen LogP contribution is -2.42. The van der Waals surface area contributed by atoms with Crippen LogP contribution in [0.3, 0.4) is 0 Å². The molecule has 0 bridgehead atoms. The third kappa shape index (κ3) is 3.50. The predicted octanol–water partition coefficient (Wildman–Crippen LogP) is 2.07. The molecule has 6 nitrogen and oxygen atoms in total. The summed E-state index contributed by atoms with van der Waals surface area (Å²) in [7, 11) is 1.64. The molecule has 0 spiro atoms. The maximum Gasteiger partial charge on any atom is 0.161 e. The van der Waals surface area contributed by atoms with Gasteiger partial charge in [0.05, 0.1) is 19.4 Å². The Hall–Kier alpha value is -2.05. The first-order valence-corrected chi connectivity index (χ1v) is 8.90. The second kappa shape index (κ2) is 7.06. The monoisotopic (exact) mass is 343 g/mol. The number of benzene rings is 1. The molecular formula is C19H25N3O3. The first-order chi connectivity index (χ1) is 12.2. The molecule has 2 aromatic rings. The largest absolute Gasteiger partial charge is 0.493 e. The van der Waals surface area contributed by atoms with Crippen LogP contribution < -0.4 is 9.47 Å². The molecule has 134 valence electrons. The van der Waals surface area contributed by atoms with Crippen molar-refractivity contribution in [3.63, 3.8) is 0 Å². The summed E-state index contributed by atoms with van der Waals surface area (Å²) in [6, 6.07) is 7.63. The van der Waals surface area contributed by atoms with E-state index in [1.807, 2.05) is 36.7 Å². The number of fused-ring (bicyclic) bond motifs is 1. The summed E-state index contributed by atoms with van der Waals surface area (Å²) in [6.07, 6.45) is 4.90. The number of methoxy groups -OCH3 is 1. The van der Waals surface area contributed by atoms with Crippen LogP contribution in [0, 0.1) is 11.8 Å². The fraction of sp³-hybridized carbons (Fsp3) is 0.526. The highest BCUT2D eigenvalue weighted by molar-refractivity contribution is 5.39. The molecule has 0 radical (unpaired) electrons.